The van der Waals surface area contributed by atoms with E-state index in [1.807, 2.05) is 50.5 Å². The summed E-state index contributed by atoms with van der Waals surface area (Å²) < 4.78 is 13.4. The SMILES string of the molecule is CN(C)C(=O)C1(Cc2ccccc2-c2ccncc2)CCCN1Cc1ccc(F)cc1. The Labute approximate surface area is 183 Å². The van der Waals surface area contributed by atoms with E-state index in [-0.39, 0.29) is 11.7 Å². The van der Waals surface area contributed by atoms with Crippen LogP contribution in [0.3, 0.4) is 0 Å². The maximum absolute atomic E-state index is 13.6. The number of likely N-dealkylation sites (tertiary alicyclic amines) is 1. The third-order valence-electron chi connectivity index (χ3n) is 6.21. The van der Waals surface area contributed by atoms with Crippen LogP contribution in [0.2, 0.25) is 0 Å². The Morgan fingerprint density at radius 3 is 2.48 bits per heavy atom. The number of carbonyl (C=O) groups excluding carboxylic acids is 1. The van der Waals surface area contributed by atoms with Crippen molar-refractivity contribution in [1.29, 1.82) is 0 Å². The Morgan fingerprint density at radius 1 is 1.06 bits per heavy atom. The monoisotopic (exact) mass is 417 g/mol. The van der Waals surface area contributed by atoms with Crippen molar-refractivity contribution in [1.82, 2.24) is 14.8 Å². The Bertz CT molecular complexity index is 1040. The van der Waals surface area contributed by atoms with Gasteiger partial charge >= 0.3 is 0 Å². The van der Waals surface area contributed by atoms with Crippen molar-refractivity contribution >= 4 is 5.91 Å². The topological polar surface area (TPSA) is 36.4 Å². The largest absolute Gasteiger partial charge is 0.347 e. The molecule has 0 spiro atoms. The first-order valence-corrected chi connectivity index (χ1v) is 10.7. The Kier molecular flexibility index (Phi) is 6.14. The van der Waals surface area contributed by atoms with Crippen LogP contribution in [-0.4, -0.2) is 46.9 Å². The quantitative estimate of drug-likeness (QED) is 0.590. The second-order valence-corrected chi connectivity index (χ2v) is 8.45. The molecule has 1 aliphatic heterocycles. The molecule has 0 aliphatic carbocycles. The average Bonchev–Trinajstić information content (AvgIpc) is 3.18. The third kappa shape index (κ3) is 4.37. The lowest BCUT2D eigenvalue weighted by molar-refractivity contribution is -0.140. The number of halogens is 1. The van der Waals surface area contributed by atoms with Gasteiger partial charge in [-0.15, -0.1) is 0 Å². The summed E-state index contributed by atoms with van der Waals surface area (Å²) in [7, 11) is 3.65. The van der Waals surface area contributed by atoms with Crippen molar-refractivity contribution in [2.45, 2.75) is 31.3 Å². The van der Waals surface area contributed by atoms with E-state index < -0.39 is 5.54 Å². The maximum Gasteiger partial charge on any atom is 0.242 e. The summed E-state index contributed by atoms with van der Waals surface area (Å²) in [6.45, 7) is 1.46. The van der Waals surface area contributed by atoms with Gasteiger partial charge in [0.2, 0.25) is 5.91 Å². The maximum atomic E-state index is 13.6. The summed E-state index contributed by atoms with van der Waals surface area (Å²) in [4.78, 5) is 21.7. The standard InChI is InChI=1S/C26H28FN3O/c1-29(2)25(31)26(14-5-17-30(26)19-20-8-10-23(27)11-9-20)18-22-6-3-4-7-24(22)21-12-15-28-16-13-21/h3-4,6-13,15-16H,5,14,17-19H2,1-2H3. The number of aromatic nitrogens is 1. The molecule has 4 rings (SSSR count). The number of nitrogens with zero attached hydrogens (tertiary/aromatic N) is 3. The molecular weight excluding hydrogens is 389 g/mol. The smallest absolute Gasteiger partial charge is 0.242 e. The first-order valence-electron chi connectivity index (χ1n) is 10.7. The fourth-order valence-electron chi connectivity index (χ4n) is 4.71. The van der Waals surface area contributed by atoms with Crippen LogP contribution in [0.5, 0.6) is 0 Å². The predicted molar refractivity (Wildman–Crippen MR) is 121 cm³/mol. The molecule has 2 aromatic carbocycles. The van der Waals surface area contributed by atoms with Crippen molar-refractivity contribution in [3.63, 3.8) is 0 Å². The molecule has 1 aromatic heterocycles. The fraction of sp³-hybridized carbons (Fsp3) is 0.308. The molecule has 0 N–H and O–H groups in total. The van der Waals surface area contributed by atoms with Crippen LogP contribution in [-0.2, 0) is 17.8 Å². The van der Waals surface area contributed by atoms with Gasteiger partial charge in [-0.3, -0.25) is 14.7 Å². The lowest BCUT2D eigenvalue weighted by Crippen LogP contribution is -2.56. The van der Waals surface area contributed by atoms with Gasteiger partial charge in [0.1, 0.15) is 11.4 Å². The summed E-state index contributed by atoms with van der Waals surface area (Å²) in [6.07, 6.45) is 5.98. The van der Waals surface area contributed by atoms with E-state index in [4.69, 9.17) is 0 Å². The van der Waals surface area contributed by atoms with Gasteiger partial charge in [-0.2, -0.15) is 0 Å². The highest BCUT2D eigenvalue weighted by molar-refractivity contribution is 5.87. The molecule has 5 heteroatoms. The highest BCUT2D eigenvalue weighted by Gasteiger charge is 2.48. The molecule has 0 saturated carbocycles. The molecule has 3 aromatic rings. The lowest BCUT2D eigenvalue weighted by atomic mass is 9.83. The molecule has 160 valence electrons. The molecular formula is C26H28FN3O. The van der Waals surface area contributed by atoms with E-state index in [0.29, 0.717) is 13.0 Å². The van der Waals surface area contributed by atoms with Crippen molar-refractivity contribution in [3.8, 4) is 11.1 Å². The van der Waals surface area contributed by atoms with Crippen molar-refractivity contribution in [2.24, 2.45) is 0 Å². The minimum Gasteiger partial charge on any atom is -0.347 e. The van der Waals surface area contributed by atoms with Gasteiger partial charge in [0.25, 0.3) is 0 Å². The van der Waals surface area contributed by atoms with E-state index >= 15 is 0 Å². The molecule has 4 nitrogen and oxygen atoms in total. The van der Waals surface area contributed by atoms with Crippen molar-refractivity contribution < 1.29 is 9.18 Å². The summed E-state index contributed by atoms with van der Waals surface area (Å²) >= 11 is 0. The van der Waals surface area contributed by atoms with Gasteiger partial charge in [-0.05, 0) is 65.9 Å². The number of carbonyl (C=O) groups is 1. The number of likely N-dealkylation sites (N-methyl/N-ethyl adjacent to an activating group) is 1. The summed E-state index contributed by atoms with van der Waals surface area (Å²) in [5, 5.41) is 0. The van der Waals surface area contributed by atoms with Gasteiger partial charge in [-0.1, -0.05) is 36.4 Å². The van der Waals surface area contributed by atoms with Crippen LogP contribution in [0.4, 0.5) is 4.39 Å². The zero-order valence-electron chi connectivity index (χ0n) is 18.1. The summed E-state index contributed by atoms with van der Waals surface area (Å²) in [6, 6.07) is 18.9. The average molecular weight is 418 g/mol. The molecule has 1 aliphatic rings. The lowest BCUT2D eigenvalue weighted by Gasteiger charge is -2.39. The number of hydrogen-bond acceptors (Lipinski definition) is 3. The normalized spacial score (nSPS) is 18.8. The van der Waals surface area contributed by atoms with Gasteiger partial charge in [0, 0.05) is 39.5 Å². The number of hydrogen-bond donors (Lipinski definition) is 0. The minimum atomic E-state index is -0.624. The van der Waals surface area contributed by atoms with Crippen LogP contribution in [0, 0.1) is 5.82 Å². The van der Waals surface area contributed by atoms with E-state index in [1.54, 1.807) is 17.3 Å². The predicted octanol–water partition coefficient (Wildman–Crippen LogP) is 4.55. The number of benzene rings is 2. The zero-order chi connectivity index (χ0) is 21.8. The van der Waals surface area contributed by atoms with E-state index in [1.165, 1.54) is 12.1 Å². The Balaban J connectivity index is 1.72. The van der Waals surface area contributed by atoms with Crippen LogP contribution in [0.15, 0.2) is 73.1 Å². The zero-order valence-corrected chi connectivity index (χ0v) is 18.1. The molecule has 2 heterocycles. The van der Waals surface area contributed by atoms with Crippen molar-refractivity contribution in [2.75, 3.05) is 20.6 Å². The minimum absolute atomic E-state index is 0.122. The second-order valence-electron chi connectivity index (χ2n) is 8.45. The molecule has 1 fully saturated rings. The van der Waals surface area contributed by atoms with Crippen LogP contribution in [0.1, 0.15) is 24.0 Å². The fourth-order valence-corrected chi connectivity index (χ4v) is 4.71. The highest BCUT2D eigenvalue weighted by Crippen LogP contribution is 2.38. The second kappa shape index (κ2) is 8.98. The molecule has 0 bridgehead atoms. The first kappa shape index (κ1) is 21.2. The van der Waals surface area contributed by atoms with Crippen molar-refractivity contribution in [3.05, 3.63) is 90.0 Å². The van der Waals surface area contributed by atoms with Crippen LogP contribution < -0.4 is 0 Å². The molecule has 1 amide bonds. The van der Waals surface area contributed by atoms with Crippen LogP contribution >= 0.6 is 0 Å². The molecule has 31 heavy (non-hydrogen) atoms. The molecule has 1 atom stereocenters. The molecule has 0 radical (unpaired) electrons. The Morgan fingerprint density at radius 2 is 1.77 bits per heavy atom. The van der Waals surface area contributed by atoms with Gasteiger partial charge in [0.15, 0.2) is 0 Å². The first-order chi connectivity index (χ1) is 15.0. The number of rotatable bonds is 6. The van der Waals surface area contributed by atoms with E-state index in [2.05, 4.69) is 22.0 Å². The summed E-state index contributed by atoms with van der Waals surface area (Å²) in [5.74, 6) is -0.122. The van der Waals surface area contributed by atoms with E-state index in [9.17, 15) is 9.18 Å². The number of amides is 1. The van der Waals surface area contributed by atoms with Crippen LogP contribution in [0.25, 0.3) is 11.1 Å². The molecule has 1 unspecified atom stereocenters. The van der Waals surface area contributed by atoms with Gasteiger partial charge in [0.05, 0.1) is 0 Å². The van der Waals surface area contributed by atoms with E-state index in [0.717, 1.165) is 41.6 Å². The van der Waals surface area contributed by atoms with Gasteiger partial charge < -0.3 is 4.90 Å². The Hall–Kier alpha value is -3.05. The van der Waals surface area contributed by atoms with Gasteiger partial charge in [-0.25, -0.2) is 4.39 Å². The number of pyridine rings is 1. The third-order valence-corrected chi connectivity index (χ3v) is 6.21. The summed E-state index contributed by atoms with van der Waals surface area (Å²) in [5.41, 5.74) is 3.77. The molecule has 1 saturated heterocycles. The highest BCUT2D eigenvalue weighted by atomic mass is 19.1.